The molecule has 3 rings (SSSR count). The summed E-state index contributed by atoms with van der Waals surface area (Å²) in [7, 11) is 0. The molecule has 0 atom stereocenters. The lowest BCUT2D eigenvalue weighted by atomic mass is 10.2. The minimum Gasteiger partial charge on any atom is -0.337 e. The van der Waals surface area contributed by atoms with Crippen LogP contribution in [0.5, 0.6) is 0 Å². The number of alkyl halides is 3. The number of nitriles is 1. The van der Waals surface area contributed by atoms with Crippen LogP contribution in [0.3, 0.4) is 0 Å². The molecule has 0 unspecified atom stereocenters. The number of benzene rings is 2. The van der Waals surface area contributed by atoms with Gasteiger partial charge in [-0.2, -0.15) is 36.2 Å². The summed E-state index contributed by atoms with van der Waals surface area (Å²) in [5.74, 6) is 0.342. The van der Waals surface area contributed by atoms with Crippen LogP contribution >= 0.6 is 47.4 Å². The Morgan fingerprint density at radius 3 is 2.17 bits per heavy atom. The number of anilines is 2. The molecule has 2 aromatic carbocycles. The van der Waals surface area contributed by atoms with Gasteiger partial charge in [-0.25, -0.2) is 4.68 Å². The van der Waals surface area contributed by atoms with Crippen LogP contribution in [-0.2, 0) is 11.9 Å². The van der Waals surface area contributed by atoms with E-state index in [9.17, 15) is 18.4 Å². The summed E-state index contributed by atoms with van der Waals surface area (Å²) in [4.78, 5) is 0. The van der Waals surface area contributed by atoms with E-state index in [0.717, 1.165) is 12.1 Å². The van der Waals surface area contributed by atoms with Crippen molar-refractivity contribution in [2.45, 2.75) is 11.9 Å². The first kappa shape index (κ1) is 21.7. The SMILES string of the molecule is N#Cc1c(CS)nn(-c2ccc(Cl)cc2)c1Nc1c(Cl)cc(C(F)(F)F)cc1Cl. The highest BCUT2D eigenvalue weighted by molar-refractivity contribution is 7.79. The zero-order valence-corrected chi connectivity index (χ0v) is 17.4. The number of halogens is 6. The summed E-state index contributed by atoms with van der Waals surface area (Å²) in [5, 5.41) is 16.8. The highest BCUT2D eigenvalue weighted by Crippen LogP contribution is 2.40. The minimum absolute atomic E-state index is 0.0126. The summed E-state index contributed by atoms with van der Waals surface area (Å²) in [6.45, 7) is 0. The van der Waals surface area contributed by atoms with Gasteiger partial charge in [0, 0.05) is 10.8 Å². The Hall–Kier alpha value is -2.05. The van der Waals surface area contributed by atoms with Gasteiger partial charge in [0.25, 0.3) is 0 Å². The molecule has 3 aromatic rings. The molecule has 1 N–H and O–H groups in total. The molecule has 11 heteroatoms. The summed E-state index contributed by atoms with van der Waals surface area (Å²) in [6.07, 6.45) is -4.60. The van der Waals surface area contributed by atoms with Gasteiger partial charge < -0.3 is 5.32 Å². The second kappa shape index (κ2) is 8.36. The minimum atomic E-state index is -4.60. The lowest BCUT2D eigenvalue weighted by Crippen LogP contribution is -2.07. The molecule has 0 aliphatic rings. The highest BCUT2D eigenvalue weighted by Gasteiger charge is 2.32. The predicted octanol–water partition coefficient (Wildman–Crippen LogP) is 6.90. The van der Waals surface area contributed by atoms with Crippen LogP contribution < -0.4 is 5.32 Å². The second-order valence-corrected chi connectivity index (χ2v) is 7.33. The van der Waals surface area contributed by atoms with Crippen LogP contribution in [0.1, 0.15) is 16.8 Å². The van der Waals surface area contributed by atoms with Crippen molar-refractivity contribution in [2.75, 3.05) is 5.32 Å². The summed E-state index contributed by atoms with van der Waals surface area (Å²) in [6, 6.07) is 10.1. The van der Waals surface area contributed by atoms with Crippen LogP contribution in [0.15, 0.2) is 36.4 Å². The van der Waals surface area contributed by atoms with Crippen molar-refractivity contribution in [3.05, 3.63) is 68.3 Å². The second-order valence-electron chi connectivity index (χ2n) is 5.77. The van der Waals surface area contributed by atoms with Crippen molar-refractivity contribution >= 4 is 58.9 Å². The molecule has 0 radical (unpaired) electrons. The van der Waals surface area contributed by atoms with E-state index in [1.165, 1.54) is 4.68 Å². The van der Waals surface area contributed by atoms with Gasteiger partial charge in [0.1, 0.15) is 11.6 Å². The van der Waals surface area contributed by atoms with Gasteiger partial charge in [0.15, 0.2) is 5.82 Å². The molecule has 1 heterocycles. The number of hydrogen-bond donors (Lipinski definition) is 2. The Balaban J connectivity index is 2.15. The Morgan fingerprint density at radius 1 is 1.10 bits per heavy atom. The normalized spacial score (nSPS) is 11.4. The van der Waals surface area contributed by atoms with E-state index in [0.29, 0.717) is 16.4 Å². The summed E-state index contributed by atoms with van der Waals surface area (Å²) >= 11 is 22.2. The fourth-order valence-electron chi connectivity index (χ4n) is 2.55. The molecule has 0 amide bonds. The maximum absolute atomic E-state index is 13.0. The third-order valence-corrected chi connectivity index (χ3v) is 5.05. The lowest BCUT2D eigenvalue weighted by Gasteiger charge is -2.15. The summed E-state index contributed by atoms with van der Waals surface area (Å²) in [5.41, 5.74) is 0.106. The molecule has 4 nitrogen and oxygen atoms in total. The van der Waals surface area contributed by atoms with E-state index in [4.69, 9.17) is 34.8 Å². The van der Waals surface area contributed by atoms with Gasteiger partial charge in [-0.05, 0) is 36.4 Å². The Kier molecular flexibility index (Phi) is 6.24. The van der Waals surface area contributed by atoms with Gasteiger partial charge in [0.2, 0.25) is 0 Å². The molecule has 0 spiro atoms. The van der Waals surface area contributed by atoms with E-state index >= 15 is 0 Å². The number of rotatable bonds is 4. The van der Waals surface area contributed by atoms with E-state index < -0.39 is 11.7 Å². The Bertz CT molecular complexity index is 1080. The van der Waals surface area contributed by atoms with Crippen molar-refractivity contribution in [3.63, 3.8) is 0 Å². The maximum atomic E-state index is 13.0. The monoisotopic (exact) mass is 476 g/mol. The molecular formula is C18H10Cl3F3N4S. The van der Waals surface area contributed by atoms with Crippen LogP contribution in [-0.4, -0.2) is 9.78 Å². The molecular weight excluding hydrogens is 468 g/mol. The van der Waals surface area contributed by atoms with Crippen LogP contribution in [0.4, 0.5) is 24.7 Å². The third kappa shape index (κ3) is 4.43. The standard InChI is InChI=1S/C18H10Cl3F3N4S/c19-10-1-3-11(4-2-10)28-17(12(7-25)15(8-29)27-28)26-16-13(20)5-9(6-14(16)21)18(22,23)24/h1-6,26,29H,8H2. The molecule has 150 valence electrons. The topological polar surface area (TPSA) is 53.6 Å². The largest absolute Gasteiger partial charge is 0.416 e. The zero-order chi connectivity index (χ0) is 21.3. The quantitative estimate of drug-likeness (QED) is 0.402. The average molecular weight is 478 g/mol. The molecule has 0 saturated heterocycles. The van der Waals surface area contributed by atoms with Crippen LogP contribution in [0, 0.1) is 11.3 Å². The number of thiol groups is 1. The fourth-order valence-corrected chi connectivity index (χ4v) is 3.48. The van der Waals surface area contributed by atoms with Gasteiger partial charge in [-0.3, -0.25) is 0 Å². The highest BCUT2D eigenvalue weighted by atomic mass is 35.5. The van der Waals surface area contributed by atoms with E-state index in [1.807, 2.05) is 6.07 Å². The molecule has 0 bridgehead atoms. The van der Waals surface area contributed by atoms with Crippen molar-refractivity contribution < 1.29 is 13.2 Å². The van der Waals surface area contributed by atoms with Gasteiger partial charge >= 0.3 is 6.18 Å². The fraction of sp³-hybridized carbons (Fsp3) is 0.111. The van der Waals surface area contributed by atoms with Crippen molar-refractivity contribution in [1.82, 2.24) is 9.78 Å². The molecule has 0 aliphatic heterocycles. The molecule has 0 saturated carbocycles. The molecule has 0 aliphatic carbocycles. The van der Waals surface area contributed by atoms with Crippen molar-refractivity contribution in [2.24, 2.45) is 0 Å². The Labute approximate surface area is 184 Å². The maximum Gasteiger partial charge on any atom is 0.416 e. The molecule has 0 fully saturated rings. The van der Waals surface area contributed by atoms with E-state index in [-0.39, 0.29) is 32.9 Å². The molecule has 29 heavy (non-hydrogen) atoms. The first-order valence-electron chi connectivity index (χ1n) is 7.87. The van der Waals surface area contributed by atoms with E-state index in [1.54, 1.807) is 24.3 Å². The third-order valence-electron chi connectivity index (χ3n) is 3.90. The van der Waals surface area contributed by atoms with Crippen LogP contribution in [0.2, 0.25) is 15.1 Å². The van der Waals surface area contributed by atoms with Crippen molar-refractivity contribution in [1.29, 1.82) is 5.26 Å². The first-order chi connectivity index (χ1) is 13.7. The van der Waals surface area contributed by atoms with E-state index in [2.05, 4.69) is 23.0 Å². The van der Waals surface area contributed by atoms with Crippen LogP contribution in [0.25, 0.3) is 5.69 Å². The predicted molar refractivity (Wildman–Crippen MR) is 111 cm³/mol. The lowest BCUT2D eigenvalue weighted by molar-refractivity contribution is -0.137. The number of nitrogens with one attached hydrogen (secondary N) is 1. The number of nitrogens with zero attached hydrogens (tertiary/aromatic N) is 3. The number of aromatic nitrogens is 2. The zero-order valence-electron chi connectivity index (χ0n) is 14.2. The first-order valence-corrected chi connectivity index (χ1v) is 9.64. The van der Waals surface area contributed by atoms with Gasteiger partial charge in [-0.15, -0.1) is 0 Å². The smallest absolute Gasteiger partial charge is 0.337 e. The van der Waals surface area contributed by atoms with Gasteiger partial charge in [0.05, 0.1) is 32.7 Å². The molecule has 1 aromatic heterocycles. The van der Waals surface area contributed by atoms with Crippen molar-refractivity contribution in [3.8, 4) is 11.8 Å². The Morgan fingerprint density at radius 2 is 1.69 bits per heavy atom. The average Bonchev–Trinajstić information content (AvgIpc) is 3.01. The summed E-state index contributed by atoms with van der Waals surface area (Å²) < 4.78 is 40.3. The number of hydrogen-bond acceptors (Lipinski definition) is 4. The van der Waals surface area contributed by atoms with Gasteiger partial charge in [-0.1, -0.05) is 34.8 Å².